The highest BCUT2D eigenvalue weighted by molar-refractivity contribution is 7.97. The Morgan fingerprint density at radius 1 is 1.56 bits per heavy atom. The first-order chi connectivity index (χ1) is 4.22. The van der Waals surface area contributed by atoms with Crippen LogP contribution in [0.15, 0.2) is 11.6 Å². The summed E-state index contributed by atoms with van der Waals surface area (Å²) in [6.45, 7) is 3.96. The average Bonchev–Trinajstić information content (AvgIpc) is 1.82. The summed E-state index contributed by atoms with van der Waals surface area (Å²) in [5, 5.41) is -0.0978. The van der Waals surface area contributed by atoms with Gasteiger partial charge in [-0.05, 0) is 12.8 Å². The van der Waals surface area contributed by atoms with Crippen LogP contribution in [-0.2, 0) is 4.79 Å². The molecule has 0 aliphatic carbocycles. The molecule has 0 unspecified atom stereocenters. The van der Waals surface area contributed by atoms with E-state index in [2.05, 4.69) is 12.6 Å². The van der Waals surface area contributed by atoms with Gasteiger partial charge in [0, 0.05) is 5.57 Å². The van der Waals surface area contributed by atoms with Crippen molar-refractivity contribution < 1.29 is 4.79 Å². The van der Waals surface area contributed by atoms with Gasteiger partial charge in [-0.25, -0.2) is 0 Å². The molecule has 0 atom stereocenters. The summed E-state index contributed by atoms with van der Waals surface area (Å²) in [6, 6.07) is 0. The number of hydrogen-bond donors (Lipinski definition) is 1. The van der Waals surface area contributed by atoms with Crippen molar-refractivity contribution in [2.45, 2.75) is 26.7 Å². The van der Waals surface area contributed by atoms with Gasteiger partial charge in [0.2, 0.25) is 5.12 Å². The maximum atomic E-state index is 10.6. The molecule has 0 aromatic rings. The van der Waals surface area contributed by atoms with Gasteiger partial charge in [-0.2, -0.15) is 0 Å². The van der Waals surface area contributed by atoms with Gasteiger partial charge in [-0.15, -0.1) is 12.6 Å². The van der Waals surface area contributed by atoms with Gasteiger partial charge in [0.25, 0.3) is 0 Å². The van der Waals surface area contributed by atoms with Crippen LogP contribution in [-0.4, -0.2) is 5.12 Å². The fourth-order valence-electron chi connectivity index (χ4n) is 0.629. The van der Waals surface area contributed by atoms with E-state index in [1.807, 2.05) is 19.9 Å². The number of hydrogen-bond acceptors (Lipinski definition) is 1. The zero-order valence-electron chi connectivity index (χ0n) is 5.85. The highest BCUT2D eigenvalue weighted by Crippen LogP contribution is 2.05. The number of carbonyl (C=O) groups is 1. The van der Waals surface area contributed by atoms with Crippen LogP contribution >= 0.6 is 12.6 Å². The number of thiol groups is 1. The lowest BCUT2D eigenvalue weighted by molar-refractivity contribution is -0.107. The molecule has 9 heavy (non-hydrogen) atoms. The molecule has 2 heteroatoms. The lowest BCUT2D eigenvalue weighted by atomic mass is 10.2. The molecule has 0 bridgehead atoms. The molecular formula is C7H12OS. The van der Waals surface area contributed by atoms with Gasteiger partial charge in [0.05, 0.1) is 0 Å². The molecule has 0 rings (SSSR count). The van der Waals surface area contributed by atoms with E-state index in [1.54, 1.807) is 0 Å². The smallest absolute Gasteiger partial charge is 0.211 e. The van der Waals surface area contributed by atoms with Crippen LogP contribution in [0.4, 0.5) is 0 Å². The second kappa shape index (κ2) is 4.62. The summed E-state index contributed by atoms with van der Waals surface area (Å²) < 4.78 is 0. The standard InChI is InChI=1S/C7H12OS/c1-3-5-6(4-2)7(8)9/h5H,3-4H2,1-2H3,(H,8,9). The van der Waals surface area contributed by atoms with E-state index >= 15 is 0 Å². The molecule has 0 amide bonds. The van der Waals surface area contributed by atoms with Crippen molar-refractivity contribution in [1.29, 1.82) is 0 Å². The molecular weight excluding hydrogens is 132 g/mol. The minimum atomic E-state index is -0.0978. The summed E-state index contributed by atoms with van der Waals surface area (Å²) in [4.78, 5) is 10.6. The summed E-state index contributed by atoms with van der Waals surface area (Å²) in [7, 11) is 0. The lowest BCUT2D eigenvalue weighted by Crippen LogP contribution is -1.90. The molecule has 0 heterocycles. The molecule has 0 saturated carbocycles. The molecule has 0 saturated heterocycles. The zero-order valence-corrected chi connectivity index (χ0v) is 6.74. The van der Waals surface area contributed by atoms with Gasteiger partial charge in [-0.3, -0.25) is 4.79 Å². The second-order valence-electron chi connectivity index (χ2n) is 1.80. The summed E-state index contributed by atoms with van der Waals surface area (Å²) in [6.07, 6.45) is 3.61. The van der Waals surface area contributed by atoms with Gasteiger partial charge in [0.15, 0.2) is 0 Å². The Kier molecular flexibility index (Phi) is 4.50. The van der Waals surface area contributed by atoms with E-state index in [4.69, 9.17) is 0 Å². The fourth-order valence-corrected chi connectivity index (χ4v) is 0.879. The molecule has 0 spiro atoms. The number of carbonyl (C=O) groups excluding carboxylic acids is 1. The SMILES string of the molecule is CCC=C(CC)C(=O)S. The number of allylic oxidation sites excluding steroid dienone is 1. The van der Waals surface area contributed by atoms with E-state index in [1.165, 1.54) is 0 Å². The third kappa shape index (κ3) is 3.36. The summed E-state index contributed by atoms with van der Waals surface area (Å²) in [5.41, 5.74) is 0.820. The second-order valence-corrected chi connectivity index (χ2v) is 2.20. The Hall–Kier alpha value is -0.240. The molecule has 0 aromatic heterocycles. The Labute approximate surface area is 61.6 Å². The van der Waals surface area contributed by atoms with Crippen LogP contribution in [0.5, 0.6) is 0 Å². The largest absolute Gasteiger partial charge is 0.282 e. The fraction of sp³-hybridized carbons (Fsp3) is 0.571. The first kappa shape index (κ1) is 8.76. The van der Waals surface area contributed by atoms with Gasteiger partial charge in [-0.1, -0.05) is 19.9 Å². The quantitative estimate of drug-likeness (QED) is 0.474. The van der Waals surface area contributed by atoms with Crippen molar-refractivity contribution in [1.82, 2.24) is 0 Å². The van der Waals surface area contributed by atoms with Crippen molar-refractivity contribution in [3.63, 3.8) is 0 Å². The molecule has 0 radical (unpaired) electrons. The van der Waals surface area contributed by atoms with Gasteiger partial charge in [0.1, 0.15) is 0 Å². The lowest BCUT2D eigenvalue weighted by Gasteiger charge is -1.94. The maximum Gasteiger partial charge on any atom is 0.211 e. The Bertz CT molecular complexity index is 127. The zero-order chi connectivity index (χ0) is 7.28. The Balaban J connectivity index is 3.98. The molecule has 0 aromatic carbocycles. The maximum absolute atomic E-state index is 10.6. The predicted octanol–water partition coefficient (Wildman–Crippen LogP) is 2.19. The van der Waals surface area contributed by atoms with E-state index in [9.17, 15) is 4.79 Å². The van der Waals surface area contributed by atoms with Crippen molar-refractivity contribution >= 4 is 17.7 Å². The monoisotopic (exact) mass is 144 g/mol. The van der Waals surface area contributed by atoms with Crippen molar-refractivity contribution in [3.8, 4) is 0 Å². The number of rotatable bonds is 3. The van der Waals surface area contributed by atoms with Crippen LogP contribution in [0.25, 0.3) is 0 Å². The third-order valence-electron chi connectivity index (χ3n) is 1.11. The normalized spacial score (nSPS) is 11.7. The van der Waals surface area contributed by atoms with Crippen LogP contribution in [0.2, 0.25) is 0 Å². The first-order valence-electron chi connectivity index (χ1n) is 3.14. The molecule has 52 valence electrons. The topological polar surface area (TPSA) is 17.1 Å². The van der Waals surface area contributed by atoms with E-state index in [-0.39, 0.29) is 5.12 Å². The summed E-state index contributed by atoms with van der Waals surface area (Å²) in [5.74, 6) is 0. The van der Waals surface area contributed by atoms with Crippen molar-refractivity contribution in [2.24, 2.45) is 0 Å². The molecule has 0 aliphatic rings. The van der Waals surface area contributed by atoms with Crippen LogP contribution < -0.4 is 0 Å². The van der Waals surface area contributed by atoms with Crippen LogP contribution in [0.3, 0.4) is 0 Å². The summed E-state index contributed by atoms with van der Waals surface area (Å²) >= 11 is 3.70. The average molecular weight is 144 g/mol. The minimum Gasteiger partial charge on any atom is -0.282 e. The van der Waals surface area contributed by atoms with Gasteiger partial charge >= 0.3 is 0 Å². The molecule has 0 aliphatic heterocycles. The highest BCUT2D eigenvalue weighted by Gasteiger charge is 1.98. The minimum absolute atomic E-state index is 0.0978. The Morgan fingerprint density at radius 2 is 2.11 bits per heavy atom. The Morgan fingerprint density at radius 3 is 2.22 bits per heavy atom. The third-order valence-corrected chi connectivity index (χ3v) is 1.39. The molecule has 0 N–H and O–H groups in total. The van der Waals surface area contributed by atoms with Crippen LogP contribution in [0.1, 0.15) is 26.7 Å². The first-order valence-corrected chi connectivity index (χ1v) is 3.59. The highest BCUT2D eigenvalue weighted by atomic mass is 32.1. The van der Waals surface area contributed by atoms with Gasteiger partial charge < -0.3 is 0 Å². The van der Waals surface area contributed by atoms with E-state index in [0.717, 1.165) is 18.4 Å². The van der Waals surface area contributed by atoms with E-state index in [0.29, 0.717) is 0 Å². The van der Waals surface area contributed by atoms with Crippen LogP contribution in [0, 0.1) is 0 Å². The predicted molar refractivity (Wildman–Crippen MR) is 42.7 cm³/mol. The van der Waals surface area contributed by atoms with Crippen molar-refractivity contribution in [2.75, 3.05) is 0 Å². The molecule has 1 nitrogen and oxygen atoms in total. The van der Waals surface area contributed by atoms with Crippen molar-refractivity contribution in [3.05, 3.63) is 11.6 Å². The molecule has 0 fully saturated rings. The van der Waals surface area contributed by atoms with E-state index < -0.39 is 0 Å².